The summed E-state index contributed by atoms with van der Waals surface area (Å²) in [5, 5.41) is 2.94. The lowest BCUT2D eigenvalue weighted by Crippen LogP contribution is -2.22. The molecule has 0 fully saturated rings. The minimum atomic E-state index is -3.79. The average molecular weight is 491 g/mol. The highest BCUT2D eigenvalue weighted by molar-refractivity contribution is 8.00. The van der Waals surface area contributed by atoms with Crippen LogP contribution in [-0.4, -0.2) is 26.7 Å². The molecule has 0 bridgehead atoms. The number of anilines is 2. The van der Waals surface area contributed by atoms with E-state index in [-0.39, 0.29) is 16.1 Å². The monoisotopic (exact) mass is 490 g/mol. The number of carbonyl (C=O) groups is 1. The Hall–Kier alpha value is -2.68. The molecular formula is C23H23ClN2O4S2. The summed E-state index contributed by atoms with van der Waals surface area (Å²) in [6.07, 6.45) is 0. The maximum absolute atomic E-state index is 12.6. The Morgan fingerprint density at radius 2 is 1.62 bits per heavy atom. The molecule has 6 nitrogen and oxygen atoms in total. The van der Waals surface area contributed by atoms with Gasteiger partial charge in [-0.2, -0.15) is 0 Å². The first-order chi connectivity index (χ1) is 15.2. The van der Waals surface area contributed by atoms with Crippen molar-refractivity contribution in [2.45, 2.75) is 28.9 Å². The topological polar surface area (TPSA) is 84.5 Å². The molecule has 3 aromatic carbocycles. The predicted octanol–water partition coefficient (Wildman–Crippen LogP) is 5.58. The third kappa shape index (κ3) is 6.18. The van der Waals surface area contributed by atoms with Crippen LogP contribution in [0.15, 0.2) is 76.5 Å². The first kappa shape index (κ1) is 24.0. The molecule has 0 unspecified atom stereocenters. The second-order valence-corrected chi connectivity index (χ2v) is 10.5. The Balaban J connectivity index is 1.62. The second-order valence-electron chi connectivity index (χ2n) is 7.02. The molecule has 1 atom stereocenters. The number of methoxy groups -OCH3 is 1. The molecule has 2 N–H and O–H groups in total. The van der Waals surface area contributed by atoms with Crippen molar-refractivity contribution in [2.75, 3.05) is 17.1 Å². The smallest absolute Gasteiger partial charge is 0.261 e. The van der Waals surface area contributed by atoms with Gasteiger partial charge in [-0.15, -0.1) is 11.8 Å². The van der Waals surface area contributed by atoms with E-state index in [2.05, 4.69) is 10.0 Å². The summed E-state index contributed by atoms with van der Waals surface area (Å²) in [5.41, 5.74) is 1.74. The lowest BCUT2D eigenvalue weighted by atomic mass is 10.2. The van der Waals surface area contributed by atoms with Crippen molar-refractivity contribution < 1.29 is 17.9 Å². The SMILES string of the molecule is COc1ccc(S[C@H](C)C(=O)Nc2ccc(S(=O)(=O)Nc3ccc(C)c(Cl)c3)cc2)cc1. The number of nitrogens with one attached hydrogen (secondary N) is 2. The number of hydrogen-bond acceptors (Lipinski definition) is 5. The highest BCUT2D eigenvalue weighted by Crippen LogP contribution is 2.27. The Bertz CT molecular complexity index is 1200. The minimum absolute atomic E-state index is 0.0767. The quantitative estimate of drug-likeness (QED) is 0.403. The molecule has 0 aromatic heterocycles. The number of amides is 1. The second kappa shape index (κ2) is 10.3. The van der Waals surface area contributed by atoms with Gasteiger partial charge in [-0.3, -0.25) is 9.52 Å². The minimum Gasteiger partial charge on any atom is -0.497 e. The van der Waals surface area contributed by atoms with Crippen LogP contribution in [0.2, 0.25) is 5.02 Å². The summed E-state index contributed by atoms with van der Waals surface area (Å²) >= 11 is 7.48. The van der Waals surface area contributed by atoms with E-state index in [1.54, 1.807) is 44.4 Å². The van der Waals surface area contributed by atoms with Crippen molar-refractivity contribution in [2.24, 2.45) is 0 Å². The zero-order valence-corrected chi connectivity index (χ0v) is 20.1. The molecule has 9 heteroatoms. The van der Waals surface area contributed by atoms with Gasteiger partial charge in [-0.1, -0.05) is 17.7 Å². The van der Waals surface area contributed by atoms with Crippen LogP contribution in [0.3, 0.4) is 0 Å². The van der Waals surface area contributed by atoms with E-state index in [1.165, 1.54) is 23.9 Å². The van der Waals surface area contributed by atoms with Crippen molar-refractivity contribution in [3.63, 3.8) is 0 Å². The summed E-state index contributed by atoms with van der Waals surface area (Å²) in [5.74, 6) is 0.565. The largest absolute Gasteiger partial charge is 0.497 e. The summed E-state index contributed by atoms with van der Waals surface area (Å²) in [6, 6.07) is 18.4. The average Bonchev–Trinajstić information content (AvgIpc) is 2.77. The number of thioether (sulfide) groups is 1. The summed E-state index contributed by atoms with van der Waals surface area (Å²) < 4.78 is 32.9. The molecule has 3 aromatic rings. The van der Waals surface area contributed by atoms with Crippen LogP contribution in [-0.2, 0) is 14.8 Å². The normalized spacial score (nSPS) is 12.1. The molecule has 0 heterocycles. The van der Waals surface area contributed by atoms with Gasteiger partial charge in [0.1, 0.15) is 5.75 Å². The van der Waals surface area contributed by atoms with E-state index in [9.17, 15) is 13.2 Å². The first-order valence-corrected chi connectivity index (χ1v) is 12.4. The van der Waals surface area contributed by atoms with Crippen LogP contribution in [0.4, 0.5) is 11.4 Å². The molecule has 0 aliphatic carbocycles. The molecule has 0 radical (unpaired) electrons. The van der Waals surface area contributed by atoms with Crippen LogP contribution in [0.1, 0.15) is 12.5 Å². The fourth-order valence-electron chi connectivity index (χ4n) is 2.74. The van der Waals surface area contributed by atoms with Gasteiger partial charge in [-0.25, -0.2) is 8.42 Å². The molecule has 168 valence electrons. The van der Waals surface area contributed by atoms with E-state index in [1.807, 2.05) is 31.2 Å². The summed E-state index contributed by atoms with van der Waals surface area (Å²) in [7, 11) is -2.19. The fourth-order valence-corrected chi connectivity index (χ4v) is 4.84. The number of hydrogen-bond donors (Lipinski definition) is 2. The maximum atomic E-state index is 12.6. The van der Waals surface area contributed by atoms with E-state index in [4.69, 9.17) is 16.3 Å². The number of sulfonamides is 1. The van der Waals surface area contributed by atoms with Crippen LogP contribution in [0.5, 0.6) is 5.75 Å². The van der Waals surface area contributed by atoms with Gasteiger partial charge in [0.15, 0.2) is 0 Å². The van der Waals surface area contributed by atoms with Gasteiger partial charge >= 0.3 is 0 Å². The number of carbonyl (C=O) groups excluding carboxylic acids is 1. The number of benzene rings is 3. The van der Waals surface area contributed by atoms with Gasteiger partial charge < -0.3 is 10.1 Å². The van der Waals surface area contributed by atoms with Gasteiger partial charge in [0, 0.05) is 15.6 Å². The lowest BCUT2D eigenvalue weighted by molar-refractivity contribution is -0.115. The van der Waals surface area contributed by atoms with Crippen LogP contribution in [0, 0.1) is 6.92 Å². The van der Waals surface area contributed by atoms with Crippen LogP contribution < -0.4 is 14.8 Å². The predicted molar refractivity (Wildman–Crippen MR) is 130 cm³/mol. The zero-order valence-electron chi connectivity index (χ0n) is 17.8. The highest BCUT2D eigenvalue weighted by atomic mass is 35.5. The Morgan fingerprint density at radius 1 is 1.00 bits per heavy atom. The Labute approximate surface area is 197 Å². The number of ether oxygens (including phenoxy) is 1. The van der Waals surface area contributed by atoms with Crippen molar-refractivity contribution in [3.05, 3.63) is 77.3 Å². The summed E-state index contributed by atoms with van der Waals surface area (Å²) in [6.45, 7) is 3.64. The van der Waals surface area contributed by atoms with Crippen LogP contribution in [0.25, 0.3) is 0 Å². The van der Waals surface area contributed by atoms with Gasteiger partial charge in [0.25, 0.3) is 10.0 Å². The van der Waals surface area contributed by atoms with Crippen LogP contribution >= 0.6 is 23.4 Å². The third-order valence-corrected chi connectivity index (χ3v) is 7.51. The molecule has 32 heavy (non-hydrogen) atoms. The van der Waals surface area contributed by atoms with Gasteiger partial charge in [0.05, 0.1) is 22.9 Å². The summed E-state index contributed by atoms with van der Waals surface area (Å²) in [4.78, 5) is 13.5. The van der Waals surface area contributed by atoms with E-state index >= 15 is 0 Å². The number of aryl methyl sites for hydroxylation is 1. The molecule has 0 aliphatic heterocycles. The fraction of sp³-hybridized carbons (Fsp3) is 0.174. The van der Waals surface area contributed by atoms with E-state index in [0.29, 0.717) is 16.4 Å². The standard InChI is InChI=1S/C23H23ClN2O4S2/c1-15-4-5-18(14-22(15)24)26-32(28,29)21-12-6-17(7-13-21)25-23(27)16(2)31-20-10-8-19(30-3)9-11-20/h4-14,16,26H,1-3H3,(H,25,27)/t16-/m1/s1. The maximum Gasteiger partial charge on any atom is 0.261 e. The van der Waals surface area contributed by atoms with Crippen molar-refractivity contribution in [3.8, 4) is 5.75 Å². The molecule has 0 spiro atoms. The van der Waals surface area contributed by atoms with Gasteiger partial charge in [0.2, 0.25) is 5.91 Å². The lowest BCUT2D eigenvalue weighted by Gasteiger charge is -2.13. The van der Waals surface area contributed by atoms with Crippen molar-refractivity contribution in [1.29, 1.82) is 0 Å². The van der Waals surface area contributed by atoms with Crippen molar-refractivity contribution >= 4 is 50.7 Å². The highest BCUT2D eigenvalue weighted by Gasteiger charge is 2.17. The number of rotatable bonds is 8. The molecule has 0 aliphatic rings. The molecule has 0 saturated heterocycles. The molecule has 0 saturated carbocycles. The molecular weight excluding hydrogens is 468 g/mol. The Morgan fingerprint density at radius 3 is 2.22 bits per heavy atom. The van der Waals surface area contributed by atoms with Crippen molar-refractivity contribution in [1.82, 2.24) is 0 Å². The zero-order chi connectivity index (χ0) is 23.3. The first-order valence-electron chi connectivity index (χ1n) is 9.68. The third-order valence-electron chi connectivity index (χ3n) is 4.60. The molecule has 1 amide bonds. The van der Waals surface area contributed by atoms with E-state index in [0.717, 1.165) is 16.2 Å². The number of halogens is 1. The van der Waals surface area contributed by atoms with Gasteiger partial charge in [-0.05, 0) is 80.1 Å². The Kier molecular flexibility index (Phi) is 7.71. The van der Waals surface area contributed by atoms with E-state index < -0.39 is 10.0 Å². The molecule has 3 rings (SSSR count).